The molecule has 0 spiro atoms. The lowest BCUT2D eigenvalue weighted by atomic mass is 9.74. The highest BCUT2D eigenvalue weighted by Gasteiger charge is 2.34. The molecule has 2 nitrogen and oxygen atoms in total. The van der Waals surface area contributed by atoms with Gasteiger partial charge in [0.05, 0.1) is 0 Å². The molecule has 2 fully saturated rings. The highest BCUT2D eigenvalue weighted by atomic mass is 15.2. The van der Waals surface area contributed by atoms with Gasteiger partial charge in [-0.05, 0) is 58.0 Å². The highest BCUT2D eigenvalue weighted by Crippen LogP contribution is 2.35. The SMILES string of the molecule is CCN1CCCC1CCC1(N)CCC1. The standard InChI is InChI=1S/C12H24N2/c1-2-14-10-3-5-11(14)6-9-12(13)7-4-8-12/h11H,2-10,13H2,1H3. The van der Waals surface area contributed by atoms with Crippen LogP contribution < -0.4 is 5.73 Å². The van der Waals surface area contributed by atoms with Gasteiger partial charge in [-0.3, -0.25) is 0 Å². The zero-order chi connectivity index (χ0) is 10.0. The second-order valence-electron chi connectivity index (χ2n) is 5.18. The lowest BCUT2D eigenvalue weighted by Crippen LogP contribution is -2.47. The Morgan fingerprint density at radius 3 is 2.71 bits per heavy atom. The van der Waals surface area contributed by atoms with E-state index < -0.39 is 0 Å². The van der Waals surface area contributed by atoms with Crippen LogP contribution >= 0.6 is 0 Å². The summed E-state index contributed by atoms with van der Waals surface area (Å²) in [7, 11) is 0. The van der Waals surface area contributed by atoms with E-state index in [9.17, 15) is 0 Å². The lowest BCUT2D eigenvalue weighted by molar-refractivity contribution is 0.186. The van der Waals surface area contributed by atoms with Crippen molar-refractivity contribution in [3.63, 3.8) is 0 Å². The molecule has 1 heterocycles. The molecule has 82 valence electrons. The minimum absolute atomic E-state index is 0.238. The van der Waals surface area contributed by atoms with Crippen molar-refractivity contribution in [3.8, 4) is 0 Å². The molecule has 0 bridgehead atoms. The van der Waals surface area contributed by atoms with Crippen molar-refractivity contribution in [1.82, 2.24) is 4.90 Å². The van der Waals surface area contributed by atoms with Gasteiger partial charge in [0.25, 0.3) is 0 Å². The quantitative estimate of drug-likeness (QED) is 0.746. The Labute approximate surface area is 87.8 Å². The summed E-state index contributed by atoms with van der Waals surface area (Å²) in [6.07, 6.45) is 9.30. The summed E-state index contributed by atoms with van der Waals surface area (Å²) in [4.78, 5) is 2.63. The predicted molar refractivity (Wildman–Crippen MR) is 60.3 cm³/mol. The Bertz CT molecular complexity index is 187. The molecule has 0 radical (unpaired) electrons. The molecular weight excluding hydrogens is 172 g/mol. The highest BCUT2D eigenvalue weighted by molar-refractivity contribution is 4.94. The van der Waals surface area contributed by atoms with Crippen LogP contribution in [0.5, 0.6) is 0 Å². The van der Waals surface area contributed by atoms with Gasteiger partial charge in [0.2, 0.25) is 0 Å². The molecule has 0 aromatic rings. The molecular formula is C12H24N2. The molecule has 0 amide bonds. The largest absolute Gasteiger partial charge is 0.325 e. The minimum atomic E-state index is 0.238. The van der Waals surface area contributed by atoms with Crippen molar-refractivity contribution in [3.05, 3.63) is 0 Å². The van der Waals surface area contributed by atoms with Crippen molar-refractivity contribution >= 4 is 0 Å². The van der Waals surface area contributed by atoms with E-state index in [1.54, 1.807) is 0 Å². The smallest absolute Gasteiger partial charge is 0.0155 e. The summed E-state index contributed by atoms with van der Waals surface area (Å²) >= 11 is 0. The third-order valence-corrected chi connectivity index (χ3v) is 4.23. The molecule has 0 aromatic carbocycles. The van der Waals surface area contributed by atoms with E-state index in [0.717, 1.165) is 6.04 Å². The summed E-state index contributed by atoms with van der Waals surface area (Å²) in [5.41, 5.74) is 6.49. The molecule has 1 unspecified atom stereocenters. The minimum Gasteiger partial charge on any atom is -0.325 e. The number of hydrogen-bond donors (Lipinski definition) is 1. The maximum atomic E-state index is 6.25. The molecule has 2 rings (SSSR count). The Morgan fingerprint density at radius 2 is 2.14 bits per heavy atom. The van der Waals surface area contributed by atoms with Crippen molar-refractivity contribution < 1.29 is 0 Å². The Hall–Kier alpha value is -0.0800. The van der Waals surface area contributed by atoms with Crippen LogP contribution in [0.25, 0.3) is 0 Å². The second kappa shape index (κ2) is 4.19. The van der Waals surface area contributed by atoms with Gasteiger partial charge in [0.15, 0.2) is 0 Å². The van der Waals surface area contributed by atoms with E-state index in [2.05, 4.69) is 11.8 Å². The topological polar surface area (TPSA) is 29.3 Å². The fraction of sp³-hybridized carbons (Fsp3) is 1.00. The van der Waals surface area contributed by atoms with E-state index in [1.807, 2.05) is 0 Å². The first kappa shape index (κ1) is 10.4. The van der Waals surface area contributed by atoms with E-state index in [4.69, 9.17) is 5.73 Å². The first-order chi connectivity index (χ1) is 6.73. The van der Waals surface area contributed by atoms with E-state index in [-0.39, 0.29) is 5.54 Å². The molecule has 1 saturated carbocycles. The summed E-state index contributed by atoms with van der Waals surface area (Å²) in [6.45, 7) is 4.82. The summed E-state index contributed by atoms with van der Waals surface area (Å²) in [6, 6.07) is 0.848. The zero-order valence-corrected chi connectivity index (χ0v) is 9.47. The number of hydrogen-bond acceptors (Lipinski definition) is 2. The van der Waals surface area contributed by atoms with Gasteiger partial charge < -0.3 is 10.6 Å². The molecule has 0 aromatic heterocycles. The lowest BCUT2D eigenvalue weighted by Gasteiger charge is -2.39. The van der Waals surface area contributed by atoms with Gasteiger partial charge >= 0.3 is 0 Å². The number of nitrogens with two attached hydrogens (primary N) is 1. The molecule has 1 aliphatic heterocycles. The third kappa shape index (κ3) is 2.12. The van der Waals surface area contributed by atoms with Crippen LogP contribution in [0.2, 0.25) is 0 Å². The average Bonchev–Trinajstić information content (AvgIpc) is 2.58. The van der Waals surface area contributed by atoms with Crippen molar-refractivity contribution in [2.24, 2.45) is 5.73 Å². The van der Waals surface area contributed by atoms with Gasteiger partial charge in [-0.25, -0.2) is 0 Å². The fourth-order valence-corrected chi connectivity index (χ4v) is 2.97. The van der Waals surface area contributed by atoms with Crippen LogP contribution in [0.15, 0.2) is 0 Å². The number of likely N-dealkylation sites (tertiary alicyclic amines) is 1. The molecule has 1 aliphatic carbocycles. The van der Waals surface area contributed by atoms with Crippen LogP contribution in [-0.2, 0) is 0 Å². The number of nitrogens with zero attached hydrogens (tertiary/aromatic N) is 1. The molecule has 14 heavy (non-hydrogen) atoms. The second-order valence-corrected chi connectivity index (χ2v) is 5.18. The van der Waals surface area contributed by atoms with Crippen molar-refractivity contribution in [2.75, 3.05) is 13.1 Å². The normalized spacial score (nSPS) is 31.7. The Balaban J connectivity index is 1.74. The monoisotopic (exact) mass is 196 g/mol. The maximum Gasteiger partial charge on any atom is 0.0155 e. The van der Waals surface area contributed by atoms with Crippen LogP contribution in [-0.4, -0.2) is 29.6 Å². The summed E-state index contributed by atoms with van der Waals surface area (Å²) < 4.78 is 0. The molecule has 2 N–H and O–H groups in total. The van der Waals surface area contributed by atoms with Crippen molar-refractivity contribution in [1.29, 1.82) is 0 Å². The van der Waals surface area contributed by atoms with Gasteiger partial charge in [0.1, 0.15) is 0 Å². The van der Waals surface area contributed by atoms with E-state index in [0.29, 0.717) is 0 Å². The van der Waals surface area contributed by atoms with E-state index >= 15 is 0 Å². The first-order valence-electron chi connectivity index (χ1n) is 6.26. The van der Waals surface area contributed by atoms with Crippen LogP contribution in [0.3, 0.4) is 0 Å². The Kier molecular flexibility index (Phi) is 3.13. The fourth-order valence-electron chi connectivity index (χ4n) is 2.97. The van der Waals surface area contributed by atoms with Gasteiger partial charge in [0, 0.05) is 11.6 Å². The molecule has 2 aliphatic rings. The predicted octanol–water partition coefficient (Wildman–Crippen LogP) is 2.13. The first-order valence-corrected chi connectivity index (χ1v) is 6.26. The zero-order valence-electron chi connectivity index (χ0n) is 9.47. The summed E-state index contributed by atoms with van der Waals surface area (Å²) in [5.74, 6) is 0. The number of rotatable bonds is 4. The molecule has 1 atom stereocenters. The maximum absolute atomic E-state index is 6.25. The van der Waals surface area contributed by atoms with Gasteiger partial charge in [-0.1, -0.05) is 6.92 Å². The van der Waals surface area contributed by atoms with Gasteiger partial charge in [-0.2, -0.15) is 0 Å². The average molecular weight is 196 g/mol. The molecule has 1 saturated heterocycles. The van der Waals surface area contributed by atoms with Crippen LogP contribution in [0.1, 0.15) is 51.9 Å². The van der Waals surface area contributed by atoms with E-state index in [1.165, 1.54) is 58.0 Å². The van der Waals surface area contributed by atoms with Crippen LogP contribution in [0, 0.1) is 0 Å². The Morgan fingerprint density at radius 1 is 1.36 bits per heavy atom. The van der Waals surface area contributed by atoms with Gasteiger partial charge in [-0.15, -0.1) is 0 Å². The summed E-state index contributed by atoms with van der Waals surface area (Å²) in [5, 5.41) is 0. The molecule has 2 heteroatoms. The third-order valence-electron chi connectivity index (χ3n) is 4.23. The van der Waals surface area contributed by atoms with Crippen LogP contribution in [0.4, 0.5) is 0 Å². The van der Waals surface area contributed by atoms with Crippen molar-refractivity contribution in [2.45, 2.75) is 63.5 Å².